The Kier molecular flexibility index (Phi) is 5.67. The first-order valence-corrected chi connectivity index (χ1v) is 6.66. The number of nitrogens with one attached hydrogen (secondary N) is 1. The zero-order chi connectivity index (χ0) is 15.3. The van der Waals surface area contributed by atoms with Gasteiger partial charge in [-0.15, -0.1) is 0 Å². The number of aliphatic carboxylic acids is 1. The third-order valence-corrected chi connectivity index (χ3v) is 3.22. The third kappa shape index (κ3) is 4.05. The molecule has 0 aliphatic rings. The molecular formula is C15H20FNO3. The molecule has 4 nitrogen and oxygen atoms in total. The number of benzene rings is 1. The van der Waals surface area contributed by atoms with Crippen LogP contribution in [-0.2, 0) is 9.59 Å². The van der Waals surface area contributed by atoms with E-state index in [1.54, 1.807) is 13.8 Å². The Morgan fingerprint density at radius 3 is 2.55 bits per heavy atom. The molecule has 1 amide bonds. The summed E-state index contributed by atoms with van der Waals surface area (Å²) in [7, 11) is 0. The van der Waals surface area contributed by atoms with Crippen LogP contribution in [-0.4, -0.2) is 17.0 Å². The number of amides is 1. The van der Waals surface area contributed by atoms with Crippen LogP contribution in [0.25, 0.3) is 0 Å². The van der Waals surface area contributed by atoms with Crippen molar-refractivity contribution in [2.75, 3.05) is 0 Å². The van der Waals surface area contributed by atoms with Crippen molar-refractivity contribution in [2.45, 2.75) is 39.7 Å². The fraction of sp³-hybridized carbons (Fsp3) is 0.467. The molecular weight excluding hydrogens is 261 g/mol. The molecule has 20 heavy (non-hydrogen) atoms. The molecule has 0 aliphatic carbocycles. The Balaban J connectivity index is 2.92. The average Bonchev–Trinajstić information content (AvgIpc) is 2.39. The van der Waals surface area contributed by atoms with Crippen LogP contribution in [0.5, 0.6) is 0 Å². The van der Waals surface area contributed by atoms with Crippen LogP contribution < -0.4 is 5.32 Å². The summed E-state index contributed by atoms with van der Waals surface area (Å²) in [6.07, 6.45) is 1.54. The summed E-state index contributed by atoms with van der Waals surface area (Å²) in [6.45, 7) is 5.27. The van der Waals surface area contributed by atoms with Gasteiger partial charge in [-0.3, -0.25) is 4.79 Å². The molecule has 0 spiro atoms. The van der Waals surface area contributed by atoms with Gasteiger partial charge in [-0.1, -0.05) is 32.4 Å². The summed E-state index contributed by atoms with van der Waals surface area (Å²) >= 11 is 0. The number of hydrogen-bond acceptors (Lipinski definition) is 2. The summed E-state index contributed by atoms with van der Waals surface area (Å²) in [5.74, 6) is -2.11. The van der Waals surface area contributed by atoms with Crippen LogP contribution in [0, 0.1) is 18.7 Å². The molecule has 0 aliphatic heterocycles. The Labute approximate surface area is 118 Å². The minimum atomic E-state index is -1.16. The maximum Gasteiger partial charge on any atom is 0.330 e. The van der Waals surface area contributed by atoms with E-state index < -0.39 is 17.8 Å². The number of carbonyl (C=O) groups excluding carboxylic acids is 1. The highest BCUT2D eigenvalue weighted by molar-refractivity contribution is 5.85. The monoisotopic (exact) mass is 281 g/mol. The van der Waals surface area contributed by atoms with E-state index in [1.165, 1.54) is 18.2 Å². The quantitative estimate of drug-likeness (QED) is 0.842. The zero-order valence-corrected chi connectivity index (χ0v) is 11.9. The third-order valence-electron chi connectivity index (χ3n) is 3.22. The van der Waals surface area contributed by atoms with Crippen LogP contribution in [0.15, 0.2) is 18.2 Å². The van der Waals surface area contributed by atoms with Crippen LogP contribution >= 0.6 is 0 Å². The predicted molar refractivity (Wildman–Crippen MR) is 73.7 cm³/mol. The van der Waals surface area contributed by atoms with Gasteiger partial charge in [0.1, 0.15) is 5.82 Å². The first kappa shape index (κ1) is 16.1. The Hall–Kier alpha value is -1.91. The van der Waals surface area contributed by atoms with E-state index >= 15 is 0 Å². The summed E-state index contributed by atoms with van der Waals surface area (Å²) in [4.78, 5) is 23.2. The molecule has 5 heteroatoms. The van der Waals surface area contributed by atoms with Crippen molar-refractivity contribution >= 4 is 11.9 Å². The Morgan fingerprint density at radius 1 is 1.40 bits per heavy atom. The fourth-order valence-electron chi connectivity index (χ4n) is 1.98. The van der Waals surface area contributed by atoms with Crippen molar-refractivity contribution in [1.29, 1.82) is 0 Å². The summed E-state index contributed by atoms with van der Waals surface area (Å²) in [5, 5.41) is 11.7. The Bertz CT molecular complexity index is 502. The van der Waals surface area contributed by atoms with Gasteiger partial charge in [-0.25, -0.2) is 9.18 Å². The van der Waals surface area contributed by atoms with Gasteiger partial charge in [0.15, 0.2) is 6.04 Å². The smallest absolute Gasteiger partial charge is 0.330 e. The summed E-state index contributed by atoms with van der Waals surface area (Å²) < 4.78 is 13.2. The van der Waals surface area contributed by atoms with Gasteiger partial charge in [0, 0.05) is 5.92 Å². The molecule has 1 aromatic rings. The van der Waals surface area contributed by atoms with Gasteiger partial charge >= 0.3 is 5.97 Å². The van der Waals surface area contributed by atoms with E-state index in [9.17, 15) is 19.1 Å². The second kappa shape index (κ2) is 7.03. The number of aryl methyl sites for hydroxylation is 1. The summed E-state index contributed by atoms with van der Waals surface area (Å²) in [5.41, 5.74) is 0.720. The lowest BCUT2D eigenvalue weighted by Gasteiger charge is -2.18. The molecule has 0 aromatic heterocycles. The molecule has 0 radical (unpaired) electrons. The average molecular weight is 281 g/mol. The minimum Gasteiger partial charge on any atom is -0.479 e. The largest absolute Gasteiger partial charge is 0.479 e. The lowest BCUT2D eigenvalue weighted by molar-refractivity contribution is -0.142. The van der Waals surface area contributed by atoms with Crippen molar-refractivity contribution in [3.8, 4) is 0 Å². The van der Waals surface area contributed by atoms with Crippen molar-refractivity contribution < 1.29 is 19.1 Å². The standard InChI is InChI=1S/C15H20FNO3/c1-4-5-9(2)14(18)17-13(15(19)20)11-6-7-12(16)10(3)8-11/h6-9,13H,4-5H2,1-3H3,(H,17,18)(H,19,20). The maximum absolute atomic E-state index is 13.2. The van der Waals surface area contributed by atoms with Crippen molar-refractivity contribution in [2.24, 2.45) is 5.92 Å². The predicted octanol–water partition coefficient (Wildman–Crippen LogP) is 2.81. The van der Waals surface area contributed by atoms with Crippen molar-refractivity contribution in [3.63, 3.8) is 0 Å². The number of carbonyl (C=O) groups is 2. The normalized spacial score (nSPS) is 13.6. The van der Waals surface area contributed by atoms with E-state index in [0.29, 0.717) is 17.5 Å². The van der Waals surface area contributed by atoms with E-state index in [2.05, 4.69) is 5.32 Å². The van der Waals surface area contributed by atoms with E-state index in [1.807, 2.05) is 6.92 Å². The van der Waals surface area contributed by atoms with E-state index in [-0.39, 0.29) is 11.8 Å². The number of rotatable bonds is 6. The molecule has 1 aromatic carbocycles. The highest BCUT2D eigenvalue weighted by Gasteiger charge is 2.24. The minimum absolute atomic E-state index is 0.247. The first-order valence-electron chi connectivity index (χ1n) is 6.66. The number of hydrogen-bond donors (Lipinski definition) is 2. The van der Waals surface area contributed by atoms with Crippen LogP contribution in [0.3, 0.4) is 0 Å². The fourth-order valence-corrected chi connectivity index (χ4v) is 1.98. The Morgan fingerprint density at radius 2 is 2.05 bits per heavy atom. The van der Waals surface area contributed by atoms with E-state index in [0.717, 1.165) is 6.42 Å². The lowest BCUT2D eigenvalue weighted by atomic mass is 10.0. The topological polar surface area (TPSA) is 66.4 Å². The molecule has 0 bridgehead atoms. The van der Waals surface area contributed by atoms with Gasteiger partial charge in [0.05, 0.1) is 0 Å². The van der Waals surface area contributed by atoms with Gasteiger partial charge in [-0.05, 0) is 30.5 Å². The number of carboxylic acid groups (broad SMARTS) is 1. The SMILES string of the molecule is CCCC(C)C(=O)NC(C(=O)O)c1ccc(F)c(C)c1. The van der Waals surface area contributed by atoms with Gasteiger partial charge in [0.25, 0.3) is 0 Å². The zero-order valence-electron chi connectivity index (χ0n) is 11.9. The molecule has 2 unspecified atom stereocenters. The molecule has 2 N–H and O–H groups in total. The van der Waals surface area contributed by atoms with Crippen molar-refractivity contribution in [3.05, 3.63) is 35.1 Å². The molecule has 110 valence electrons. The summed E-state index contributed by atoms with van der Waals surface area (Å²) in [6, 6.07) is 2.88. The van der Waals surface area contributed by atoms with Gasteiger partial charge < -0.3 is 10.4 Å². The van der Waals surface area contributed by atoms with Crippen LogP contribution in [0.2, 0.25) is 0 Å². The van der Waals surface area contributed by atoms with Crippen LogP contribution in [0.4, 0.5) is 4.39 Å². The molecule has 2 atom stereocenters. The van der Waals surface area contributed by atoms with Gasteiger partial charge in [0.2, 0.25) is 5.91 Å². The molecule has 1 rings (SSSR count). The molecule has 0 fully saturated rings. The first-order chi connectivity index (χ1) is 9.36. The highest BCUT2D eigenvalue weighted by atomic mass is 19.1. The maximum atomic E-state index is 13.2. The van der Waals surface area contributed by atoms with Crippen molar-refractivity contribution in [1.82, 2.24) is 5.32 Å². The van der Waals surface area contributed by atoms with Gasteiger partial charge in [-0.2, -0.15) is 0 Å². The number of halogens is 1. The second-order valence-electron chi connectivity index (χ2n) is 4.98. The highest BCUT2D eigenvalue weighted by Crippen LogP contribution is 2.18. The van der Waals surface area contributed by atoms with Crippen LogP contribution in [0.1, 0.15) is 43.9 Å². The lowest BCUT2D eigenvalue weighted by Crippen LogP contribution is -2.37. The molecule has 0 heterocycles. The molecule has 0 saturated heterocycles. The molecule has 0 saturated carbocycles. The number of carboxylic acids is 1. The van der Waals surface area contributed by atoms with E-state index in [4.69, 9.17) is 0 Å². The second-order valence-corrected chi connectivity index (χ2v) is 4.98.